The van der Waals surface area contributed by atoms with Gasteiger partial charge in [-0.2, -0.15) is 0 Å². The van der Waals surface area contributed by atoms with E-state index in [0.29, 0.717) is 30.3 Å². The summed E-state index contributed by atoms with van der Waals surface area (Å²) in [7, 11) is 1.61. The molecular weight excluding hydrogens is 378 g/mol. The van der Waals surface area contributed by atoms with Crippen LogP contribution in [0.2, 0.25) is 0 Å². The number of hydrogen-bond donors (Lipinski definition) is 1. The number of carbonyl (C=O) groups excluding carboxylic acids is 1. The Hall–Kier alpha value is -3.77. The van der Waals surface area contributed by atoms with E-state index in [9.17, 15) is 4.79 Å². The zero-order valence-electron chi connectivity index (χ0n) is 16.5. The van der Waals surface area contributed by atoms with Crippen molar-refractivity contribution < 1.29 is 14.3 Å². The molecule has 2 heterocycles. The molecule has 1 amide bonds. The molecule has 4 aromatic rings. The van der Waals surface area contributed by atoms with Crippen molar-refractivity contribution in [1.29, 1.82) is 0 Å². The molecule has 0 unspecified atom stereocenters. The number of hydrogen-bond acceptors (Lipinski definition) is 5. The lowest BCUT2D eigenvalue weighted by atomic mass is 10.0. The highest BCUT2D eigenvalue weighted by molar-refractivity contribution is 6.13. The number of rotatable bonds is 7. The monoisotopic (exact) mass is 399 g/mol. The van der Waals surface area contributed by atoms with Gasteiger partial charge < -0.3 is 14.8 Å². The fourth-order valence-corrected chi connectivity index (χ4v) is 3.09. The molecule has 0 fully saturated rings. The Bertz CT molecular complexity index is 1150. The maximum absolute atomic E-state index is 13.1. The van der Waals surface area contributed by atoms with Crippen LogP contribution in [-0.4, -0.2) is 36.2 Å². The number of anilines is 1. The highest BCUT2D eigenvalue weighted by Crippen LogP contribution is 2.25. The van der Waals surface area contributed by atoms with Gasteiger partial charge in [-0.1, -0.05) is 48.5 Å². The van der Waals surface area contributed by atoms with E-state index in [-0.39, 0.29) is 5.91 Å². The number of para-hydroxylation sites is 1. The van der Waals surface area contributed by atoms with E-state index in [1.165, 1.54) is 0 Å². The highest BCUT2D eigenvalue weighted by Gasteiger charge is 2.14. The molecule has 0 aliphatic heterocycles. The van der Waals surface area contributed by atoms with Gasteiger partial charge in [-0.25, -0.2) is 9.97 Å². The summed E-state index contributed by atoms with van der Waals surface area (Å²) >= 11 is 0. The first-order chi connectivity index (χ1) is 14.7. The Labute approximate surface area is 174 Å². The number of methoxy groups -OCH3 is 1. The van der Waals surface area contributed by atoms with Crippen molar-refractivity contribution in [2.24, 2.45) is 0 Å². The summed E-state index contributed by atoms with van der Waals surface area (Å²) < 4.78 is 10.4. The van der Waals surface area contributed by atoms with Gasteiger partial charge in [0.25, 0.3) is 5.91 Å². The molecular formula is C24H21N3O3. The third kappa shape index (κ3) is 4.45. The molecule has 0 aliphatic carbocycles. The summed E-state index contributed by atoms with van der Waals surface area (Å²) in [6.45, 7) is 0.902. The number of nitrogens with one attached hydrogen (secondary N) is 1. The van der Waals surface area contributed by atoms with Crippen LogP contribution in [0, 0.1) is 0 Å². The number of carbonyl (C=O) groups is 1. The maximum atomic E-state index is 13.1. The lowest BCUT2D eigenvalue weighted by Gasteiger charge is -2.11. The van der Waals surface area contributed by atoms with Crippen molar-refractivity contribution in [2.45, 2.75) is 0 Å². The largest absolute Gasteiger partial charge is 0.475 e. The molecule has 6 nitrogen and oxygen atoms in total. The third-order valence-corrected chi connectivity index (χ3v) is 4.56. The summed E-state index contributed by atoms with van der Waals surface area (Å²) in [6, 6.07) is 22.7. The normalized spacial score (nSPS) is 10.7. The quantitative estimate of drug-likeness (QED) is 0.461. The number of benzene rings is 2. The van der Waals surface area contributed by atoms with Crippen LogP contribution in [0.4, 0.5) is 5.69 Å². The third-order valence-electron chi connectivity index (χ3n) is 4.56. The summed E-state index contributed by atoms with van der Waals surface area (Å²) in [5.41, 5.74) is 3.61. The number of fused-ring (bicyclic) bond motifs is 1. The summed E-state index contributed by atoms with van der Waals surface area (Å²) in [5.74, 6) is 0.256. The van der Waals surface area contributed by atoms with Gasteiger partial charge in [-0.3, -0.25) is 4.79 Å². The predicted octanol–water partition coefficient (Wildman–Crippen LogP) is 4.57. The van der Waals surface area contributed by atoms with Gasteiger partial charge in [0.05, 0.1) is 35.3 Å². The SMILES string of the molecule is COCCOc1ccc(NC(=O)c2cc(-c3ccccc3)nc3ccccc23)cn1. The van der Waals surface area contributed by atoms with Gasteiger partial charge in [0, 0.05) is 24.1 Å². The minimum atomic E-state index is -0.222. The fourth-order valence-electron chi connectivity index (χ4n) is 3.09. The summed E-state index contributed by atoms with van der Waals surface area (Å²) in [4.78, 5) is 22.0. The standard InChI is InChI=1S/C24H21N3O3/c1-29-13-14-30-23-12-11-18(16-25-23)26-24(28)20-15-22(17-7-3-2-4-8-17)27-21-10-6-5-9-19(20)21/h2-12,15-16H,13-14H2,1H3,(H,26,28). The van der Waals surface area contributed by atoms with Gasteiger partial charge in [0.1, 0.15) is 6.61 Å². The summed E-state index contributed by atoms with van der Waals surface area (Å²) in [5, 5.41) is 3.71. The molecule has 4 rings (SSSR count). The molecule has 0 spiro atoms. The molecule has 2 aromatic carbocycles. The van der Waals surface area contributed by atoms with E-state index in [1.54, 1.807) is 25.4 Å². The fraction of sp³-hybridized carbons (Fsp3) is 0.125. The van der Waals surface area contributed by atoms with Crippen LogP contribution in [0.3, 0.4) is 0 Å². The van der Waals surface area contributed by atoms with Crippen LogP contribution in [0.25, 0.3) is 22.2 Å². The van der Waals surface area contributed by atoms with Gasteiger partial charge in [-0.15, -0.1) is 0 Å². The Morgan fingerprint density at radius 2 is 1.77 bits per heavy atom. The molecule has 0 saturated heterocycles. The van der Waals surface area contributed by atoms with Crippen LogP contribution in [0.15, 0.2) is 79.0 Å². The van der Waals surface area contributed by atoms with Crippen molar-refractivity contribution in [2.75, 3.05) is 25.6 Å². The first-order valence-electron chi connectivity index (χ1n) is 9.59. The number of nitrogens with zero attached hydrogens (tertiary/aromatic N) is 2. The molecule has 0 atom stereocenters. The smallest absolute Gasteiger partial charge is 0.256 e. The number of pyridine rings is 2. The Kier molecular flexibility index (Phi) is 5.96. The maximum Gasteiger partial charge on any atom is 0.256 e. The van der Waals surface area contributed by atoms with Gasteiger partial charge in [0.15, 0.2) is 0 Å². The minimum Gasteiger partial charge on any atom is -0.475 e. The van der Waals surface area contributed by atoms with Crippen molar-refractivity contribution in [3.8, 4) is 17.1 Å². The molecule has 150 valence electrons. The van der Waals surface area contributed by atoms with Gasteiger partial charge >= 0.3 is 0 Å². The van der Waals surface area contributed by atoms with Crippen LogP contribution in [-0.2, 0) is 4.74 Å². The lowest BCUT2D eigenvalue weighted by molar-refractivity contribution is 0.102. The summed E-state index contributed by atoms with van der Waals surface area (Å²) in [6.07, 6.45) is 1.57. The second kappa shape index (κ2) is 9.15. The molecule has 0 bridgehead atoms. The molecule has 0 radical (unpaired) electrons. The van der Waals surface area contributed by atoms with Crippen LogP contribution in [0.5, 0.6) is 5.88 Å². The van der Waals surface area contributed by atoms with Crippen molar-refractivity contribution in [3.05, 3.63) is 84.6 Å². The van der Waals surface area contributed by atoms with Crippen molar-refractivity contribution in [3.63, 3.8) is 0 Å². The molecule has 30 heavy (non-hydrogen) atoms. The second-order valence-corrected chi connectivity index (χ2v) is 6.62. The Balaban J connectivity index is 1.61. The first-order valence-corrected chi connectivity index (χ1v) is 9.59. The molecule has 0 saturated carbocycles. The highest BCUT2D eigenvalue weighted by atomic mass is 16.5. The van der Waals surface area contributed by atoms with Crippen LogP contribution in [0.1, 0.15) is 10.4 Å². The topological polar surface area (TPSA) is 73.3 Å². The first kappa shape index (κ1) is 19.5. The predicted molar refractivity (Wildman–Crippen MR) is 117 cm³/mol. The van der Waals surface area contributed by atoms with Crippen LogP contribution >= 0.6 is 0 Å². The minimum absolute atomic E-state index is 0.222. The molecule has 0 aliphatic rings. The van der Waals surface area contributed by atoms with E-state index in [1.807, 2.05) is 60.7 Å². The van der Waals surface area contributed by atoms with Gasteiger partial charge in [0.2, 0.25) is 5.88 Å². The lowest BCUT2D eigenvalue weighted by Crippen LogP contribution is -2.13. The van der Waals surface area contributed by atoms with E-state index in [2.05, 4.69) is 10.3 Å². The molecule has 1 N–H and O–H groups in total. The Morgan fingerprint density at radius 3 is 2.53 bits per heavy atom. The van der Waals surface area contributed by atoms with E-state index in [4.69, 9.17) is 14.5 Å². The molecule has 6 heteroatoms. The van der Waals surface area contributed by atoms with Crippen molar-refractivity contribution >= 4 is 22.5 Å². The average molecular weight is 399 g/mol. The number of amides is 1. The zero-order valence-corrected chi connectivity index (χ0v) is 16.5. The zero-order chi connectivity index (χ0) is 20.8. The number of ether oxygens (including phenoxy) is 2. The second-order valence-electron chi connectivity index (χ2n) is 6.62. The molecule has 2 aromatic heterocycles. The van der Waals surface area contributed by atoms with Gasteiger partial charge in [-0.05, 0) is 18.2 Å². The van der Waals surface area contributed by atoms with E-state index in [0.717, 1.165) is 22.2 Å². The Morgan fingerprint density at radius 1 is 0.967 bits per heavy atom. The van der Waals surface area contributed by atoms with Crippen molar-refractivity contribution in [1.82, 2.24) is 9.97 Å². The van der Waals surface area contributed by atoms with E-state index >= 15 is 0 Å². The van der Waals surface area contributed by atoms with Crippen LogP contribution < -0.4 is 10.1 Å². The average Bonchev–Trinajstić information content (AvgIpc) is 2.80. The van der Waals surface area contributed by atoms with E-state index < -0.39 is 0 Å². The number of aromatic nitrogens is 2.